The van der Waals surface area contributed by atoms with Crippen molar-refractivity contribution in [3.63, 3.8) is 0 Å². The molecule has 1 heterocycles. The zero-order valence-electron chi connectivity index (χ0n) is 29.4. The van der Waals surface area contributed by atoms with Crippen LogP contribution in [0.25, 0.3) is 0 Å². The molecule has 0 spiro atoms. The summed E-state index contributed by atoms with van der Waals surface area (Å²) in [7, 11) is -1.30. The van der Waals surface area contributed by atoms with E-state index in [1.807, 2.05) is 36.4 Å². The molecule has 0 aliphatic heterocycles. The highest BCUT2D eigenvalue weighted by molar-refractivity contribution is 7.89. The van der Waals surface area contributed by atoms with Crippen molar-refractivity contribution in [2.24, 2.45) is 0 Å². The Morgan fingerprint density at radius 1 is 0.904 bits per heavy atom. The van der Waals surface area contributed by atoms with Gasteiger partial charge in [0.1, 0.15) is 5.00 Å². The molecule has 3 N–H and O–H groups in total. The molecule has 13 heteroatoms. The van der Waals surface area contributed by atoms with Gasteiger partial charge in [0, 0.05) is 29.8 Å². The number of esters is 1. The van der Waals surface area contributed by atoms with E-state index in [-0.39, 0.29) is 28.9 Å². The molecule has 2 amide bonds. The van der Waals surface area contributed by atoms with Crippen LogP contribution in [0.1, 0.15) is 85.2 Å². The van der Waals surface area contributed by atoms with Crippen LogP contribution in [0.15, 0.2) is 77.7 Å². The summed E-state index contributed by atoms with van der Waals surface area (Å²) < 4.78 is 38.5. The topological polar surface area (TPSA) is 151 Å². The lowest BCUT2D eigenvalue weighted by atomic mass is 9.95. The Bertz CT molecular complexity index is 2060. The smallest absolute Gasteiger partial charge is 0.337 e. The van der Waals surface area contributed by atoms with Gasteiger partial charge in [-0.1, -0.05) is 30.3 Å². The minimum Gasteiger partial charge on any atom is -0.465 e. The fourth-order valence-electron chi connectivity index (χ4n) is 6.59. The number of ether oxygens (including phenoxy) is 2. The van der Waals surface area contributed by atoms with Crippen LogP contribution in [0.2, 0.25) is 0 Å². The lowest BCUT2D eigenvalue weighted by Crippen LogP contribution is -2.48. The molecule has 4 aromatic rings. The van der Waals surface area contributed by atoms with E-state index in [0.717, 1.165) is 64.4 Å². The number of aliphatic hydroxyl groups excluding tert-OH is 1. The second-order valence-corrected chi connectivity index (χ2v) is 16.2. The van der Waals surface area contributed by atoms with Crippen LogP contribution in [0, 0.1) is 0 Å². The maximum atomic E-state index is 13.8. The number of hydrogen-bond acceptors (Lipinski definition) is 9. The van der Waals surface area contributed by atoms with Gasteiger partial charge in [-0.3, -0.25) is 9.59 Å². The minimum absolute atomic E-state index is 0.0824. The molecular weight excluding hydrogens is 703 g/mol. The number of aryl methyl sites for hydroxylation is 3. The molecule has 274 valence electrons. The molecule has 1 unspecified atom stereocenters. The molecule has 3 aromatic carbocycles. The maximum Gasteiger partial charge on any atom is 0.337 e. The van der Waals surface area contributed by atoms with Crippen molar-refractivity contribution in [2.75, 3.05) is 31.4 Å². The van der Waals surface area contributed by atoms with E-state index in [9.17, 15) is 27.9 Å². The number of anilines is 2. The van der Waals surface area contributed by atoms with Gasteiger partial charge in [-0.15, -0.1) is 11.3 Å². The molecule has 2 aliphatic carbocycles. The average molecular weight is 746 g/mol. The number of nitrogens with zero attached hydrogens (tertiary/aromatic N) is 1. The van der Waals surface area contributed by atoms with Crippen molar-refractivity contribution in [2.45, 2.75) is 75.0 Å². The summed E-state index contributed by atoms with van der Waals surface area (Å²) in [6, 6.07) is 20.7. The highest BCUT2D eigenvalue weighted by atomic mass is 32.2. The number of fused-ring (bicyclic) bond motifs is 1. The molecule has 1 saturated carbocycles. The second-order valence-electron chi connectivity index (χ2n) is 13.1. The van der Waals surface area contributed by atoms with Crippen LogP contribution in [-0.4, -0.2) is 68.2 Å². The van der Waals surface area contributed by atoms with Gasteiger partial charge in [0.15, 0.2) is 6.29 Å². The van der Waals surface area contributed by atoms with Gasteiger partial charge in [0.2, 0.25) is 10.0 Å². The summed E-state index contributed by atoms with van der Waals surface area (Å²) >= 11 is 1.38. The van der Waals surface area contributed by atoms with E-state index in [1.54, 1.807) is 19.1 Å². The van der Waals surface area contributed by atoms with Gasteiger partial charge in [0.25, 0.3) is 11.8 Å². The van der Waals surface area contributed by atoms with Crippen LogP contribution in [0.3, 0.4) is 0 Å². The van der Waals surface area contributed by atoms with E-state index < -0.39 is 27.8 Å². The van der Waals surface area contributed by atoms with E-state index in [1.165, 1.54) is 49.8 Å². The number of sulfonamides is 1. The van der Waals surface area contributed by atoms with Crippen LogP contribution in [0.5, 0.6) is 0 Å². The number of aliphatic hydroxyl groups is 1. The molecule has 0 saturated heterocycles. The van der Waals surface area contributed by atoms with Crippen molar-refractivity contribution in [1.82, 2.24) is 4.31 Å². The highest BCUT2D eigenvalue weighted by Crippen LogP contribution is 2.47. The molecule has 6 rings (SSSR count). The lowest BCUT2D eigenvalue weighted by Gasteiger charge is -2.31. The first-order valence-electron chi connectivity index (χ1n) is 17.4. The SMILES string of the molecule is CCOC(O)C1(N(C)S(=O)(=O)c2cccc(C(=O)Nc3sc4c(c3C(=O)Nc3ccc(CCc5ccc(C(=O)OC)cc5)cc3)CCCC4)c2)CC1. The Kier molecular flexibility index (Phi) is 11.3. The number of carbonyl (C=O) groups excluding carboxylic acids is 3. The van der Waals surface area contributed by atoms with Crippen molar-refractivity contribution in [3.8, 4) is 0 Å². The largest absolute Gasteiger partial charge is 0.465 e. The third-order valence-corrected chi connectivity index (χ3v) is 13.0. The number of hydrogen-bond donors (Lipinski definition) is 3. The first-order chi connectivity index (χ1) is 25.0. The van der Waals surface area contributed by atoms with Crippen LogP contribution < -0.4 is 10.6 Å². The summed E-state index contributed by atoms with van der Waals surface area (Å²) in [6.07, 6.45) is 4.66. The average Bonchev–Trinajstić information content (AvgIpc) is 3.89. The van der Waals surface area contributed by atoms with E-state index in [4.69, 9.17) is 9.47 Å². The van der Waals surface area contributed by atoms with Crippen molar-refractivity contribution < 1.29 is 37.4 Å². The number of amides is 2. The molecule has 0 radical (unpaired) electrons. The van der Waals surface area contributed by atoms with Crippen LogP contribution in [0.4, 0.5) is 10.7 Å². The number of benzene rings is 3. The van der Waals surface area contributed by atoms with Gasteiger partial charge in [-0.05, 0) is 117 Å². The zero-order valence-corrected chi connectivity index (χ0v) is 31.1. The number of thiophene rings is 1. The van der Waals surface area contributed by atoms with Crippen molar-refractivity contribution in [3.05, 3.63) is 111 Å². The minimum atomic E-state index is -4.07. The molecule has 0 bridgehead atoms. The monoisotopic (exact) mass is 745 g/mol. The molecule has 2 aliphatic rings. The van der Waals surface area contributed by atoms with Gasteiger partial charge in [-0.25, -0.2) is 13.2 Å². The number of nitrogens with one attached hydrogen (secondary N) is 2. The standard InChI is InChI=1S/C39H43N3O8S2/c1-4-50-38(46)39(22-23-39)42(2)52(47,48)30-9-7-8-28(24-30)34(43)41-36-33(31-10-5-6-11-32(31)51-36)35(44)40-29-20-16-26(17-21-29)13-12-25-14-18-27(19-15-25)37(45)49-3/h7-9,14-21,24,38,46H,4-6,10-13,22-23H2,1-3H3,(H,40,44)(H,41,43). The highest BCUT2D eigenvalue weighted by Gasteiger charge is 2.57. The fourth-order valence-corrected chi connectivity index (χ4v) is 9.46. The first kappa shape index (κ1) is 37.4. The van der Waals surface area contributed by atoms with Crippen molar-refractivity contribution in [1.29, 1.82) is 0 Å². The first-order valence-corrected chi connectivity index (χ1v) is 19.6. The Morgan fingerprint density at radius 2 is 1.56 bits per heavy atom. The zero-order chi connectivity index (χ0) is 37.0. The number of carbonyl (C=O) groups is 3. The van der Waals surface area contributed by atoms with Gasteiger partial charge in [0.05, 0.1) is 28.7 Å². The number of likely N-dealkylation sites (N-methyl/N-ethyl adjacent to an activating group) is 1. The van der Waals surface area contributed by atoms with Crippen molar-refractivity contribution >= 4 is 49.8 Å². The summed E-state index contributed by atoms with van der Waals surface area (Å²) in [5, 5.41) is 16.9. The van der Waals surface area contributed by atoms with Gasteiger partial charge in [-0.2, -0.15) is 4.31 Å². The molecule has 52 heavy (non-hydrogen) atoms. The quantitative estimate of drug-likeness (QED) is 0.102. The maximum absolute atomic E-state index is 13.8. The Morgan fingerprint density at radius 3 is 2.19 bits per heavy atom. The molecule has 1 atom stereocenters. The molecule has 1 fully saturated rings. The summed E-state index contributed by atoms with van der Waals surface area (Å²) in [4.78, 5) is 40.2. The van der Waals surface area contributed by atoms with Crippen LogP contribution >= 0.6 is 11.3 Å². The summed E-state index contributed by atoms with van der Waals surface area (Å²) in [5.74, 6) is -1.23. The summed E-state index contributed by atoms with van der Waals surface area (Å²) in [6.45, 7) is 1.97. The summed E-state index contributed by atoms with van der Waals surface area (Å²) in [5.41, 5.74) is 3.73. The molecule has 1 aromatic heterocycles. The number of methoxy groups -OCH3 is 1. The molecule has 11 nitrogen and oxygen atoms in total. The number of rotatable bonds is 14. The van der Waals surface area contributed by atoms with Gasteiger partial charge < -0.3 is 25.2 Å². The predicted octanol–water partition coefficient (Wildman–Crippen LogP) is 6.21. The van der Waals surface area contributed by atoms with E-state index in [0.29, 0.717) is 34.7 Å². The second kappa shape index (κ2) is 15.7. The fraction of sp³-hybridized carbons (Fsp3) is 0.359. The van der Waals surface area contributed by atoms with Crippen LogP contribution in [-0.2, 0) is 45.2 Å². The van der Waals surface area contributed by atoms with E-state index in [2.05, 4.69) is 10.6 Å². The lowest BCUT2D eigenvalue weighted by molar-refractivity contribution is -0.136. The van der Waals surface area contributed by atoms with Gasteiger partial charge >= 0.3 is 5.97 Å². The Hall–Kier alpha value is -4.40. The van der Waals surface area contributed by atoms with E-state index >= 15 is 0 Å². The predicted molar refractivity (Wildman–Crippen MR) is 199 cm³/mol. The third kappa shape index (κ3) is 7.83. The third-order valence-electron chi connectivity index (χ3n) is 9.84. The molecular formula is C39H43N3O8S2. The Labute approximate surface area is 308 Å². The Balaban J connectivity index is 1.15. The normalized spacial score (nSPS) is 15.4.